The van der Waals surface area contributed by atoms with Crippen LogP contribution in [0.3, 0.4) is 0 Å². The first kappa shape index (κ1) is 23.3. The maximum Gasteiger partial charge on any atom is 0.289 e. The summed E-state index contributed by atoms with van der Waals surface area (Å²) in [6.07, 6.45) is 1.61. The smallest absolute Gasteiger partial charge is 0.289 e. The number of benzene rings is 2. The van der Waals surface area contributed by atoms with E-state index in [1.165, 1.54) is 33.7 Å². The number of nitro groups is 1. The predicted octanol–water partition coefficient (Wildman–Crippen LogP) is 1.95. The van der Waals surface area contributed by atoms with Crippen LogP contribution in [-0.4, -0.2) is 59.2 Å². The molecule has 0 atom stereocenters. The zero-order valence-electron chi connectivity index (χ0n) is 18.1. The molecular formula is C23H22N4O6S. The summed E-state index contributed by atoms with van der Waals surface area (Å²) in [7, 11) is -4.11. The molecule has 1 aliphatic heterocycles. The molecule has 2 heterocycles. The van der Waals surface area contributed by atoms with Crippen LogP contribution in [-0.2, 0) is 16.6 Å². The number of carbonyl (C=O) groups excluding carboxylic acids is 1. The van der Waals surface area contributed by atoms with E-state index in [4.69, 9.17) is 0 Å². The van der Waals surface area contributed by atoms with Crippen molar-refractivity contribution in [2.24, 2.45) is 0 Å². The molecule has 4 rings (SSSR count). The van der Waals surface area contributed by atoms with Gasteiger partial charge in [-0.25, -0.2) is 8.42 Å². The number of aromatic nitrogens is 1. The molecule has 2 aromatic carbocycles. The van der Waals surface area contributed by atoms with Crippen molar-refractivity contribution in [1.82, 2.24) is 13.8 Å². The lowest BCUT2D eigenvalue weighted by molar-refractivity contribution is -0.387. The van der Waals surface area contributed by atoms with Crippen molar-refractivity contribution >= 4 is 21.6 Å². The van der Waals surface area contributed by atoms with Crippen LogP contribution in [0.2, 0.25) is 0 Å². The van der Waals surface area contributed by atoms with Gasteiger partial charge in [-0.2, -0.15) is 4.31 Å². The highest BCUT2D eigenvalue weighted by Gasteiger charge is 2.35. The zero-order chi connectivity index (χ0) is 24.3. The van der Waals surface area contributed by atoms with Crippen LogP contribution in [0.15, 0.2) is 82.6 Å². The van der Waals surface area contributed by atoms with Gasteiger partial charge in [0.15, 0.2) is 4.90 Å². The lowest BCUT2D eigenvalue weighted by atomic mass is 10.2. The van der Waals surface area contributed by atoms with Crippen LogP contribution < -0.4 is 5.56 Å². The molecule has 176 valence electrons. The number of pyridine rings is 1. The Kier molecular flexibility index (Phi) is 6.57. The molecule has 0 spiro atoms. The monoisotopic (exact) mass is 482 g/mol. The number of para-hydroxylation sites is 1. The number of carbonyl (C=O) groups is 1. The predicted molar refractivity (Wildman–Crippen MR) is 124 cm³/mol. The van der Waals surface area contributed by atoms with Gasteiger partial charge in [-0.05, 0) is 23.8 Å². The second-order valence-corrected chi connectivity index (χ2v) is 9.67. The van der Waals surface area contributed by atoms with Gasteiger partial charge in [0.05, 0.1) is 11.5 Å². The summed E-state index contributed by atoms with van der Waals surface area (Å²) in [5, 5.41) is 11.3. The maximum atomic E-state index is 13.1. The molecule has 0 N–H and O–H groups in total. The minimum atomic E-state index is -4.11. The van der Waals surface area contributed by atoms with E-state index in [1.807, 2.05) is 30.3 Å². The van der Waals surface area contributed by atoms with Crippen molar-refractivity contribution in [1.29, 1.82) is 0 Å². The Hall–Kier alpha value is -3.83. The Morgan fingerprint density at radius 3 is 2.24 bits per heavy atom. The number of piperazine rings is 1. The number of amides is 1. The molecule has 0 saturated carbocycles. The molecule has 3 aromatic rings. The third-order valence-corrected chi connectivity index (χ3v) is 7.60. The number of nitro benzene ring substituents is 1. The highest BCUT2D eigenvalue weighted by Crippen LogP contribution is 2.27. The first-order valence-electron chi connectivity index (χ1n) is 10.6. The van der Waals surface area contributed by atoms with E-state index in [0.29, 0.717) is 6.54 Å². The van der Waals surface area contributed by atoms with E-state index < -0.39 is 32.1 Å². The first-order valence-corrected chi connectivity index (χ1v) is 12.0. The molecule has 1 aliphatic rings. The second-order valence-electron chi connectivity index (χ2n) is 7.76. The van der Waals surface area contributed by atoms with Gasteiger partial charge in [-0.3, -0.25) is 19.7 Å². The fourth-order valence-electron chi connectivity index (χ4n) is 3.87. The molecule has 11 heteroatoms. The molecule has 1 amide bonds. The van der Waals surface area contributed by atoms with Gasteiger partial charge >= 0.3 is 0 Å². The summed E-state index contributed by atoms with van der Waals surface area (Å²) >= 11 is 0. The van der Waals surface area contributed by atoms with E-state index in [9.17, 15) is 28.1 Å². The van der Waals surface area contributed by atoms with E-state index in [2.05, 4.69) is 0 Å². The Balaban J connectivity index is 1.49. The largest absolute Gasteiger partial charge is 0.336 e. The topological polar surface area (TPSA) is 123 Å². The third-order valence-electron chi connectivity index (χ3n) is 5.65. The number of rotatable bonds is 6. The van der Waals surface area contributed by atoms with Crippen LogP contribution in [0.1, 0.15) is 15.9 Å². The Morgan fingerprint density at radius 1 is 0.912 bits per heavy atom. The van der Waals surface area contributed by atoms with Gasteiger partial charge in [-0.15, -0.1) is 0 Å². The van der Waals surface area contributed by atoms with Gasteiger partial charge in [0.25, 0.3) is 17.2 Å². The van der Waals surface area contributed by atoms with E-state index in [1.54, 1.807) is 12.3 Å². The highest BCUT2D eigenvalue weighted by atomic mass is 32.2. The summed E-state index contributed by atoms with van der Waals surface area (Å²) in [6.45, 7) is 0.371. The third kappa shape index (κ3) is 4.61. The average Bonchev–Trinajstić information content (AvgIpc) is 2.85. The molecule has 34 heavy (non-hydrogen) atoms. The molecule has 1 saturated heterocycles. The van der Waals surface area contributed by atoms with Crippen LogP contribution in [0.25, 0.3) is 0 Å². The molecule has 0 bridgehead atoms. The molecule has 0 unspecified atom stereocenters. The zero-order valence-corrected chi connectivity index (χ0v) is 18.9. The minimum Gasteiger partial charge on any atom is -0.336 e. The summed E-state index contributed by atoms with van der Waals surface area (Å²) in [5.74, 6) is -0.477. The fraction of sp³-hybridized carbons (Fsp3) is 0.217. The minimum absolute atomic E-state index is 0.00781. The molecule has 1 aromatic heterocycles. The Morgan fingerprint density at radius 2 is 1.56 bits per heavy atom. The maximum absolute atomic E-state index is 13.1. The van der Waals surface area contributed by atoms with Crippen LogP contribution in [0.5, 0.6) is 0 Å². The lowest BCUT2D eigenvalue weighted by Gasteiger charge is -2.33. The van der Waals surface area contributed by atoms with Crippen LogP contribution in [0.4, 0.5) is 5.69 Å². The van der Waals surface area contributed by atoms with Crippen LogP contribution in [0, 0.1) is 10.1 Å². The summed E-state index contributed by atoms with van der Waals surface area (Å²) in [5.41, 5.74) is 0.00651. The van der Waals surface area contributed by atoms with Gasteiger partial charge < -0.3 is 9.47 Å². The molecule has 1 fully saturated rings. The van der Waals surface area contributed by atoms with Crippen molar-refractivity contribution in [3.8, 4) is 0 Å². The van der Waals surface area contributed by atoms with Crippen LogP contribution >= 0.6 is 0 Å². The first-order chi connectivity index (χ1) is 16.3. The van der Waals surface area contributed by atoms with Crippen molar-refractivity contribution in [2.45, 2.75) is 11.4 Å². The van der Waals surface area contributed by atoms with Crippen molar-refractivity contribution in [3.63, 3.8) is 0 Å². The second kappa shape index (κ2) is 9.57. The Labute approximate surface area is 195 Å². The standard InChI is InChI=1S/C23H22N4O6S/c28-22(19-9-6-12-25(23(19)29)17-18-7-2-1-3-8-18)24-13-15-26(16-14-24)34(32,33)21-11-5-4-10-20(21)27(30)31/h1-12H,13-17H2. The average molecular weight is 483 g/mol. The lowest BCUT2D eigenvalue weighted by Crippen LogP contribution is -2.51. The quantitative estimate of drug-likeness (QED) is 0.391. The SMILES string of the molecule is O=C(c1cccn(Cc2ccccc2)c1=O)N1CCN(S(=O)(=O)c2ccccc2[N+](=O)[O-])CC1. The van der Waals surface area contributed by atoms with E-state index in [-0.39, 0.29) is 36.6 Å². The normalized spacial score (nSPS) is 14.6. The van der Waals surface area contributed by atoms with Crippen molar-refractivity contribution in [3.05, 3.63) is 105 Å². The number of nitrogens with zero attached hydrogens (tertiary/aromatic N) is 4. The number of hydrogen-bond donors (Lipinski definition) is 0. The van der Waals surface area contributed by atoms with Gasteiger partial charge in [0, 0.05) is 38.4 Å². The summed E-state index contributed by atoms with van der Waals surface area (Å²) in [6, 6.07) is 17.6. The van der Waals surface area contributed by atoms with E-state index in [0.717, 1.165) is 15.9 Å². The molecular weight excluding hydrogens is 460 g/mol. The Bertz CT molecular complexity index is 1380. The summed E-state index contributed by atoms with van der Waals surface area (Å²) < 4.78 is 28.6. The molecule has 10 nitrogen and oxygen atoms in total. The van der Waals surface area contributed by atoms with E-state index >= 15 is 0 Å². The number of hydrogen-bond acceptors (Lipinski definition) is 6. The number of sulfonamides is 1. The van der Waals surface area contributed by atoms with Gasteiger partial charge in [-0.1, -0.05) is 42.5 Å². The van der Waals surface area contributed by atoms with Gasteiger partial charge in [0.1, 0.15) is 5.56 Å². The highest BCUT2D eigenvalue weighted by molar-refractivity contribution is 7.89. The summed E-state index contributed by atoms with van der Waals surface area (Å²) in [4.78, 5) is 37.5. The fourth-order valence-corrected chi connectivity index (χ4v) is 5.45. The molecule has 0 radical (unpaired) electrons. The van der Waals surface area contributed by atoms with Crippen molar-refractivity contribution in [2.75, 3.05) is 26.2 Å². The molecule has 0 aliphatic carbocycles. The van der Waals surface area contributed by atoms with Gasteiger partial charge in [0.2, 0.25) is 10.0 Å². The van der Waals surface area contributed by atoms with Crippen molar-refractivity contribution < 1.29 is 18.1 Å².